The summed E-state index contributed by atoms with van der Waals surface area (Å²) in [7, 11) is 0. The van der Waals surface area contributed by atoms with E-state index in [0.29, 0.717) is 24.5 Å². The van der Waals surface area contributed by atoms with Gasteiger partial charge in [-0.2, -0.15) is 0 Å². The molecule has 1 aliphatic carbocycles. The molecule has 1 aromatic rings. The lowest BCUT2D eigenvalue weighted by Crippen LogP contribution is -2.52. The largest absolute Gasteiger partial charge is 0.485 e. The van der Waals surface area contributed by atoms with Gasteiger partial charge < -0.3 is 20.1 Å². The van der Waals surface area contributed by atoms with Crippen LogP contribution in [0.1, 0.15) is 54.4 Å². The zero-order valence-electron chi connectivity index (χ0n) is 15.2. The van der Waals surface area contributed by atoms with Crippen molar-refractivity contribution < 1.29 is 19.1 Å². The number of benzene rings is 1. The zero-order chi connectivity index (χ0) is 18.1. The molecule has 140 valence electrons. The number of carbonyl (C=O) groups excluding carboxylic acids is 2. The van der Waals surface area contributed by atoms with Gasteiger partial charge in [0.05, 0.1) is 12.1 Å². The number of ether oxygens (including phenoxy) is 2. The Morgan fingerprint density at radius 3 is 2.81 bits per heavy atom. The van der Waals surface area contributed by atoms with Gasteiger partial charge in [0.2, 0.25) is 5.91 Å². The molecule has 1 saturated carbocycles. The van der Waals surface area contributed by atoms with Crippen LogP contribution < -0.4 is 15.4 Å². The van der Waals surface area contributed by atoms with Crippen LogP contribution in [0.15, 0.2) is 18.2 Å². The fourth-order valence-electron chi connectivity index (χ4n) is 4.16. The average Bonchev–Trinajstić information content (AvgIpc) is 3.14. The fraction of sp³-hybridized carbons (Fsp3) is 0.600. The van der Waals surface area contributed by atoms with E-state index in [9.17, 15) is 9.59 Å². The average molecular weight is 358 g/mol. The van der Waals surface area contributed by atoms with Gasteiger partial charge in [0.25, 0.3) is 5.91 Å². The van der Waals surface area contributed by atoms with E-state index in [1.165, 1.54) is 0 Å². The minimum atomic E-state index is -0.388. The Morgan fingerprint density at radius 1 is 1.27 bits per heavy atom. The molecule has 26 heavy (non-hydrogen) atoms. The summed E-state index contributed by atoms with van der Waals surface area (Å²) in [5.41, 5.74) is 1.26. The SMILES string of the molecule is Cc1ccc2c(c1)C(=O)NCC1(CCC(NC(=O)[C@H]3CCCO3)CC1)O2. The second-order valence-corrected chi connectivity index (χ2v) is 7.75. The summed E-state index contributed by atoms with van der Waals surface area (Å²) in [6, 6.07) is 5.88. The van der Waals surface area contributed by atoms with Crippen molar-refractivity contribution in [2.45, 2.75) is 63.2 Å². The standard InChI is InChI=1S/C20H26N2O4/c1-13-4-5-16-15(11-13)18(23)21-12-20(26-16)8-6-14(7-9-20)22-19(24)17-3-2-10-25-17/h4-5,11,14,17H,2-3,6-10,12H2,1H3,(H,21,23)(H,22,24)/t14?,17-,20?/m1/s1. The van der Waals surface area contributed by atoms with E-state index >= 15 is 0 Å². The van der Waals surface area contributed by atoms with Gasteiger partial charge >= 0.3 is 0 Å². The van der Waals surface area contributed by atoms with Gasteiger partial charge in [0, 0.05) is 12.6 Å². The molecule has 0 radical (unpaired) electrons. The summed E-state index contributed by atoms with van der Waals surface area (Å²) in [4.78, 5) is 24.6. The number of carbonyl (C=O) groups is 2. The van der Waals surface area contributed by atoms with Crippen LogP contribution in [0.5, 0.6) is 5.75 Å². The highest BCUT2D eigenvalue weighted by atomic mass is 16.5. The molecular weight excluding hydrogens is 332 g/mol. The monoisotopic (exact) mass is 358 g/mol. The molecule has 0 bridgehead atoms. The number of hydrogen-bond acceptors (Lipinski definition) is 4. The van der Waals surface area contributed by atoms with Crippen molar-refractivity contribution in [1.29, 1.82) is 0 Å². The van der Waals surface area contributed by atoms with E-state index in [1.54, 1.807) is 0 Å². The van der Waals surface area contributed by atoms with Gasteiger partial charge in [0.1, 0.15) is 17.5 Å². The molecule has 3 aliphatic rings. The van der Waals surface area contributed by atoms with Crippen LogP contribution in [0.4, 0.5) is 0 Å². The van der Waals surface area contributed by atoms with E-state index in [4.69, 9.17) is 9.47 Å². The Kier molecular flexibility index (Phi) is 4.61. The second kappa shape index (κ2) is 6.91. The number of fused-ring (bicyclic) bond motifs is 1. The smallest absolute Gasteiger partial charge is 0.255 e. The molecule has 1 spiro atoms. The zero-order valence-corrected chi connectivity index (χ0v) is 15.2. The van der Waals surface area contributed by atoms with E-state index in [0.717, 1.165) is 44.1 Å². The Labute approximate surface area is 153 Å². The van der Waals surface area contributed by atoms with Crippen molar-refractivity contribution in [1.82, 2.24) is 10.6 Å². The number of hydrogen-bond donors (Lipinski definition) is 2. The van der Waals surface area contributed by atoms with E-state index < -0.39 is 0 Å². The number of rotatable bonds is 2. The Balaban J connectivity index is 1.41. The summed E-state index contributed by atoms with van der Waals surface area (Å²) in [5.74, 6) is 0.598. The molecule has 2 aliphatic heterocycles. The van der Waals surface area contributed by atoms with E-state index in [1.807, 2.05) is 25.1 Å². The molecule has 2 N–H and O–H groups in total. The number of nitrogens with one attached hydrogen (secondary N) is 2. The lowest BCUT2D eigenvalue weighted by molar-refractivity contribution is -0.131. The molecule has 4 rings (SSSR count). The van der Waals surface area contributed by atoms with Crippen LogP contribution in [0.25, 0.3) is 0 Å². The minimum absolute atomic E-state index is 0.0133. The summed E-state index contributed by atoms with van der Waals surface area (Å²) >= 11 is 0. The third-order valence-corrected chi connectivity index (χ3v) is 5.74. The molecule has 6 heteroatoms. The maximum Gasteiger partial charge on any atom is 0.255 e. The first-order valence-corrected chi connectivity index (χ1v) is 9.55. The third-order valence-electron chi connectivity index (χ3n) is 5.74. The van der Waals surface area contributed by atoms with Gasteiger partial charge in [-0.15, -0.1) is 0 Å². The van der Waals surface area contributed by atoms with Crippen LogP contribution in [-0.4, -0.2) is 42.7 Å². The van der Waals surface area contributed by atoms with Crippen LogP contribution in [0, 0.1) is 6.92 Å². The molecule has 2 fully saturated rings. The molecule has 2 amide bonds. The summed E-state index contributed by atoms with van der Waals surface area (Å²) in [6.45, 7) is 3.15. The summed E-state index contributed by atoms with van der Waals surface area (Å²) < 4.78 is 11.8. The van der Waals surface area contributed by atoms with Gasteiger partial charge in [0.15, 0.2) is 0 Å². The lowest BCUT2D eigenvalue weighted by atomic mass is 9.81. The van der Waals surface area contributed by atoms with Crippen LogP contribution in [0.2, 0.25) is 0 Å². The molecule has 0 unspecified atom stereocenters. The topological polar surface area (TPSA) is 76.7 Å². The van der Waals surface area contributed by atoms with Crippen molar-refractivity contribution in [2.75, 3.05) is 13.2 Å². The molecule has 6 nitrogen and oxygen atoms in total. The molecular formula is C20H26N2O4. The second-order valence-electron chi connectivity index (χ2n) is 7.75. The Bertz CT molecular complexity index is 704. The lowest BCUT2D eigenvalue weighted by Gasteiger charge is -2.39. The van der Waals surface area contributed by atoms with Crippen molar-refractivity contribution in [2.24, 2.45) is 0 Å². The van der Waals surface area contributed by atoms with Gasteiger partial charge in [-0.05, 0) is 57.6 Å². The quantitative estimate of drug-likeness (QED) is 0.849. The van der Waals surface area contributed by atoms with Crippen LogP contribution in [0.3, 0.4) is 0 Å². The van der Waals surface area contributed by atoms with Crippen molar-refractivity contribution in [3.05, 3.63) is 29.3 Å². The van der Waals surface area contributed by atoms with E-state index in [-0.39, 0.29) is 29.6 Å². The van der Waals surface area contributed by atoms with Gasteiger partial charge in [-0.1, -0.05) is 11.6 Å². The van der Waals surface area contributed by atoms with Crippen molar-refractivity contribution >= 4 is 11.8 Å². The Hall–Kier alpha value is -2.08. The van der Waals surface area contributed by atoms with Gasteiger partial charge in [-0.3, -0.25) is 9.59 Å². The first kappa shape index (κ1) is 17.3. The molecule has 2 heterocycles. The maximum absolute atomic E-state index is 12.4. The maximum atomic E-state index is 12.4. The van der Waals surface area contributed by atoms with Crippen molar-refractivity contribution in [3.8, 4) is 5.75 Å². The summed E-state index contributed by atoms with van der Waals surface area (Å²) in [5, 5.41) is 6.14. The van der Waals surface area contributed by atoms with Crippen molar-refractivity contribution in [3.63, 3.8) is 0 Å². The predicted octanol–water partition coefficient (Wildman–Crippen LogP) is 2.09. The highest BCUT2D eigenvalue weighted by Crippen LogP contribution is 2.36. The number of aryl methyl sites for hydroxylation is 1. The summed E-state index contributed by atoms with van der Waals surface area (Å²) in [6.07, 6.45) is 4.78. The van der Waals surface area contributed by atoms with Crippen LogP contribution in [-0.2, 0) is 9.53 Å². The highest BCUT2D eigenvalue weighted by molar-refractivity contribution is 5.97. The van der Waals surface area contributed by atoms with E-state index in [2.05, 4.69) is 10.6 Å². The molecule has 0 aromatic heterocycles. The van der Waals surface area contributed by atoms with Crippen LogP contribution >= 0.6 is 0 Å². The first-order valence-electron chi connectivity index (χ1n) is 9.55. The van der Waals surface area contributed by atoms with Gasteiger partial charge in [-0.25, -0.2) is 0 Å². The molecule has 1 atom stereocenters. The highest BCUT2D eigenvalue weighted by Gasteiger charge is 2.41. The number of amides is 2. The normalized spacial score (nSPS) is 30.9. The first-order chi connectivity index (χ1) is 12.5. The molecule has 1 saturated heterocycles. The minimum Gasteiger partial charge on any atom is -0.485 e. The Morgan fingerprint density at radius 2 is 2.08 bits per heavy atom. The molecule has 1 aromatic carbocycles. The predicted molar refractivity (Wildman–Crippen MR) is 96.2 cm³/mol. The third kappa shape index (κ3) is 3.43. The fourth-order valence-corrected chi connectivity index (χ4v) is 4.16.